The van der Waals surface area contributed by atoms with E-state index < -0.39 is 24.0 Å². The lowest BCUT2D eigenvalue weighted by atomic mass is 9.94. The molecule has 0 radical (unpaired) electrons. The van der Waals surface area contributed by atoms with E-state index in [1.54, 1.807) is 17.0 Å². The number of carbonyl (C=O) groups is 2. The number of nitrogens with zero attached hydrogens (tertiary/aromatic N) is 4. The fraction of sp³-hybridized carbons (Fsp3) is 0.652. The Morgan fingerprint density at radius 1 is 1.31 bits per heavy atom. The van der Waals surface area contributed by atoms with Crippen molar-refractivity contribution in [1.29, 1.82) is 5.26 Å². The molecule has 3 unspecified atom stereocenters. The van der Waals surface area contributed by atoms with Gasteiger partial charge in [-0.2, -0.15) is 18.4 Å². The smallest absolute Gasteiger partial charge is 0.379 e. The zero-order valence-corrected chi connectivity index (χ0v) is 19.8. The van der Waals surface area contributed by atoms with Crippen LogP contribution in [-0.2, 0) is 14.3 Å². The van der Waals surface area contributed by atoms with Gasteiger partial charge >= 0.3 is 6.18 Å². The number of amides is 2. The van der Waals surface area contributed by atoms with Gasteiger partial charge in [0.15, 0.2) is 5.92 Å². The van der Waals surface area contributed by atoms with E-state index in [9.17, 15) is 22.8 Å². The van der Waals surface area contributed by atoms with Gasteiger partial charge in [0.25, 0.3) is 0 Å². The van der Waals surface area contributed by atoms with Crippen molar-refractivity contribution in [2.75, 3.05) is 44.3 Å². The summed E-state index contributed by atoms with van der Waals surface area (Å²) in [5, 5.41) is 11.9. The number of likely N-dealkylation sites (tertiary alicyclic amines) is 1. The van der Waals surface area contributed by atoms with E-state index in [-0.39, 0.29) is 44.2 Å². The number of nitriles is 1. The minimum atomic E-state index is -4.63. The Kier molecular flexibility index (Phi) is 8.28. The molecule has 13 heteroatoms. The van der Waals surface area contributed by atoms with E-state index in [0.29, 0.717) is 25.1 Å². The monoisotopic (exact) mass is 509 g/mol. The Labute approximate surface area is 207 Å². The molecule has 4 atom stereocenters. The van der Waals surface area contributed by atoms with E-state index in [4.69, 9.17) is 10.00 Å². The van der Waals surface area contributed by atoms with Crippen LogP contribution in [0.15, 0.2) is 18.3 Å². The molecule has 10 nitrogen and oxygen atoms in total. The third kappa shape index (κ3) is 6.24. The van der Waals surface area contributed by atoms with Crippen LogP contribution in [0.2, 0.25) is 0 Å². The van der Waals surface area contributed by atoms with E-state index >= 15 is 0 Å². The van der Waals surface area contributed by atoms with Crippen molar-refractivity contribution >= 4 is 17.6 Å². The van der Waals surface area contributed by atoms with Crippen molar-refractivity contribution < 1.29 is 27.5 Å². The van der Waals surface area contributed by atoms with Gasteiger partial charge in [-0.3, -0.25) is 19.9 Å². The molecule has 4 rings (SSSR count). The normalized spacial score (nSPS) is 27.1. The number of aromatic nitrogens is 1. The van der Waals surface area contributed by atoms with Gasteiger partial charge in [-0.15, -0.1) is 0 Å². The summed E-state index contributed by atoms with van der Waals surface area (Å²) in [7, 11) is 0. The second-order valence-electron chi connectivity index (χ2n) is 9.33. The summed E-state index contributed by atoms with van der Waals surface area (Å²) < 4.78 is 46.3. The summed E-state index contributed by atoms with van der Waals surface area (Å²) in [4.78, 5) is 32.3. The van der Waals surface area contributed by atoms with Crippen molar-refractivity contribution in [2.45, 2.75) is 50.0 Å². The molecule has 1 aromatic heterocycles. The number of rotatable bonds is 8. The lowest BCUT2D eigenvalue weighted by Crippen LogP contribution is -2.65. The highest BCUT2D eigenvalue weighted by atomic mass is 19.4. The summed E-state index contributed by atoms with van der Waals surface area (Å²) in [5.41, 5.74) is 5.14. The van der Waals surface area contributed by atoms with E-state index in [1.165, 1.54) is 6.20 Å². The fourth-order valence-electron chi connectivity index (χ4n) is 5.17. The lowest BCUT2D eigenvalue weighted by Gasteiger charge is -2.40. The first-order valence-corrected chi connectivity index (χ1v) is 12.1. The largest absolute Gasteiger partial charge is 0.402 e. The van der Waals surface area contributed by atoms with Gasteiger partial charge in [0.05, 0.1) is 18.8 Å². The van der Waals surface area contributed by atoms with Crippen molar-refractivity contribution in [3.05, 3.63) is 23.9 Å². The number of ether oxygens (including phenoxy) is 1. The van der Waals surface area contributed by atoms with Gasteiger partial charge in [0.1, 0.15) is 11.9 Å². The SMILES string of the molecule is N#Cc1ccc(N2CCC(NC(=O)CCOC[C@@H]3CCCN3C3CNNC(=O)C3C(F)(F)F)C2)nc1. The van der Waals surface area contributed by atoms with Crippen LogP contribution in [0.25, 0.3) is 0 Å². The molecule has 0 bridgehead atoms. The van der Waals surface area contributed by atoms with Crippen LogP contribution in [0.4, 0.5) is 19.0 Å². The molecule has 3 N–H and O–H groups in total. The number of alkyl halides is 3. The standard InChI is InChI=1S/C23H30F3N7O3/c24-23(25,26)21-18(12-29-31-22(21)35)33-7-1-2-17(33)14-36-9-6-20(34)30-16-5-8-32(13-16)19-4-3-15(10-27)11-28-19/h3-4,11,16-18,21,29H,1-2,5-9,12-14H2,(H,30,34)(H,31,35)/t16?,17-,18?,21?/m0/s1. The van der Waals surface area contributed by atoms with Gasteiger partial charge in [0, 0.05) is 50.4 Å². The molecule has 3 aliphatic heterocycles. The molecule has 196 valence electrons. The second kappa shape index (κ2) is 11.4. The number of hydrogen-bond acceptors (Lipinski definition) is 8. The predicted molar refractivity (Wildman–Crippen MR) is 122 cm³/mol. The zero-order chi connectivity index (χ0) is 25.7. The Morgan fingerprint density at radius 3 is 2.86 bits per heavy atom. The average molecular weight is 510 g/mol. The van der Waals surface area contributed by atoms with Crippen LogP contribution < -0.4 is 21.1 Å². The number of anilines is 1. The Balaban J connectivity index is 1.19. The second-order valence-corrected chi connectivity index (χ2v) is 9.33. The number of halogens is 3. The minimum absolute atomic E-state index is 0.00518. The third-order valence-corrected chi connectivity index (χ3v) is 6.93. The first-order valence-electron chi connectivity index (χ1n) is 12.1. The third-order valence-electron chi connectivity index (χ3n) is 6.93. The molecule has 0 saturated carbocycles. The summed E-state index contributed by atoms with van der Waals surface area (Å²) in [6.45, 7) is 2.20. The predicted octanol–water partition coefficient (Wildman–Crippen LogP) is 0.701. The van der Waals surface area contributed by atoms with Crippen LogP contribution in [0.5, 0.6) is 0 Å². The van der Waals surface area contributed by atoms with Crippen molar-refractivity contribution in [1.82, 2.24) is 26.1 Å². The average Bonchev–Trinajstić information content (AvgIpc) is 3.50. The van der Waals surface area contributed by atoms with Crippen LogP contribution in [0, 0.1) is 17.2 Å². The topological polar surface area (TPSA) is 123 Å². The van der Waals surface area contributed by atoms with E-state index in [0.717, 1.165) is 25.2 Å². The maximum Gasteiger partial charge on any atom is 0.402 e. The Hall–Kier alpha value is -2.95. The van der Waals surface area contributed by atoms with Gasteiger partial charge in [-0.05, 0) is 37.9 Å². The molecule has 2 amide bonds. The fourth-order valence-corrected chi connectivity index (χ4v) is 5.17. The molecule has 3 fully saturated rings. The maximum atomic E-state index is 13.5. The highest BCUT2D eigenvalue weighted by Gasteiger charge is 2.54. The molecule has 0 spiro atoms. The van der Waals surface area contributed by atoms with Crippen molar-refractivity contribution in [3.63, 3.8) is 0 Å². The van der Waals surface area contributed by atoms with Gasteiger partial charge < -0.3 is 15.0 Å². The van der Waals surface area contributed by atoms with E-state index in [1.807, 2.05) is 11.0 Å². The van der Waals surface area contributed by atoms with Gasteiger partial charge in [0.2, 0.25) is 11.8 Å². The number of pyridine rings is 1. The number of hydrogen-bond donors (Lipinski definition) is 3. The van der Waals surface area contributed by atoms with Crippen molar-refractivity contribution in [3.8, 4) is 6.07 Å². The number of carbonyl (C=O) groups excluding carboxylic acids is 2. The Bertz CT molecular complexity index is 969. The number of nitrogens with one attached hydrogen (secondary N) is 3. The highest BCUT2D eigenvalue weighted by molar-refractivity contribution is 5.80. The molecule has 0 aromatic carbocycles. The zero-order valence-electron chi connectivity index (χ0n) is 19.8. The van der Waals surface area contributed by atoms with Crippen LogP contribution in [-0.4, -0.2) is 85.4 Å². The highest BCUT2D eigenvalue weighted by Crippen LogP contribution is 2.35. The summed E-state index contributed by atoms with van der Waals surface area (Å²) in [6, 6.07) is 4.28. The first-order chi connectivity index (χ1) is 17.3. The lowest BCUT2D eigenvalue weighted by molar-refractivity contribution is -0.201. The molecule has 0 aliphatic carbocycles. The van der Waals surface area contributed by atoms with Crippen LogP contribution in [0.3, 0.4) is 0 Å². The number of hydrazine groups is 1. The van der Waals surface area contributed by atoms with Crippen molar-refractivity contribution in [2.24, 2.45) is 5.92 Å². The van der Waals surface area contributed by atoms with Crippen LogP contribution >= 0.6 is 0 Å². The molecule has 36 heavy (non-hydrogen) atoms. The minimum Gasteiger partial charge on any atom is -0.379 e. The maximum absolute atomic E-state index is 13.5. The summed E-state index contributed by atoms with van der Waals surface area (Å²) >= 11 is 0. The Morgan fingerprint density at radius 2 is 2.14 bits per heavy atom. The van der Waals surface area contributed by atoms with Crippen LogP contribution in [0.1, 0.15) is 31.2 Å². The molecule has 1 aromatic rings. The molecular formula is C23H30F3N7O3. The molecule has 3 saturated heterocycles. The quantitative estimate of drug-likeness (QED) is 0.438. The van der Waals surface area contributed by atoms with Gasteiger partial charge in [-0.25, -0.2) is 10.4 Å². The van der Waals surface area contributed by atoms with E-state index in [2.05, 4.69) is 21.2 Å². The summed E-state index contributed by atoms with van der Waals surface area (Å²) in [6.07, 6.45) is -0.785. The summed E-state index contributed by atoms with van der Waals surface area (Å²) in [5.74, 6) is -2.55. The first kappa shape index (κ1) is 26.1. The molecule has 3 aliphatic rings. The van der Waals surface area contributed by atoms with Gasteiger partial charge in [-0.1, -0.05) is 0 Å². The molecular weight excluding hydrogens is 479 g/mol. The molecule has 4 heterocycles.